The molecule has 1 aliphatic carbocycles. The van der Waals surface area contributed by atoms with Gasteiger partial charge in [-0.05, 0) is 45.3 Å². The Balaban J connectivity index is 2.23. The molecule has 0 heterocycles. The molecular formula is C15H31N3O. The lowest BCUT2D eigenvalue weighted by atomic mass is 9.93. The molecule has 0 spiro atoms. The minimum absolute atomic E-state index is 0.124. The molecule has 0 saturated heterocycles. The van der Waals surface area contributed by atoms with Crippen LogP contribution in [0, 0.1) is 11.8 Å². The summed E-state index contributed by atoms with van der Waals surface area (Å²) >= 11 is 0. The van der Waals surface area contributed by atoms with Crippen LogP contribution in [0.4, 0.5) is 0 Å². The van der Waals surface area contributed by atoms with E-state index in [0.29, 0.717) is 18.5 Å². The van der Waals surface area contributed by atoms with Gasteiger partial charge < -0.3 is 15.5 Å². The maximum atomic E-state index is 11.8. The molecule has 0 radical (unpaired) electrons. The van der Waals surface area contributed by atoms with Gasteiger partial charge in [0.05, 0.1) is 6.54 Å². The highest BCUT2D eigenvalue weighted by Crippen LogP contribution is 2.27. The lowest BCUT2D eigenvalue weighted by molar-refractivity contribution is -0.120. The molecule has 4 nitrogen and oxygen atoms in total. The van der Waals surface area contributed by atoms with Crippen molar-refractivity contribution >= 4 is 5.91 Å². The van der Waals surface area contributed by atoms with Crippen molar-refractivity contribution in [1.82, 2.24) is 15.5 Å². The number of likely N-dealkylation sites (N-methyl/N-ethyl adjacent to an activating group) is 1. The number of carbonyl (C=O) groups is 1. The molecule has 1 amide bonds. The average Bonchev–Trinajstić information content (AvgIpc) is 3.18. The van der Waals surface area contributed by atoms with Gasteiger partial charge in [0.2, 0.25) is 5.91 Å². The van der Waals surface area contributed by atoms with Crippen LogP contribution < -0.4 is 10.6 Å². The molecule has 0 aliphatic heterocycles. The Hall–Kier alpha value is -0.610. The van der Waals surface area contributed by atoms with Gasteiger partial charge in [0.25, 0.3) is 0 Å². The van der Waals surface area contributed by atoms with Crippen LogP contribution in [0.25, 0.3) is 0 Å². The van der Waals surface area contributed by atoms with Gasteiger partial charge in [-0.15, -0.1) is 0 Å². The van der Waals surface area contributed by atoms with E-state index in [1.807, 2.05) is 0 Å². The second-order valence-corrected chi connectivity index (χ2v) is 5.99. The minimum atomic E-state index is 0.124. The van der Waals surface area contributed by atoms with Gasteiger partial charge in [0, 0.05) is 12.6 Å². The summed E-state index contributed by atoms with van der Waals surface area (Å²) in [6, 6.07) is 0.433. The predicted octanol–water partition coefficient (Wildman–Crippen LogP) is 1.47. The fourth-order valence-electron chi connectivity index (χ4n) is 2.60. The summed E-state index contributed by atoms with van der Waals surface area (Å²) in [5, 5.41) is 6.30. The second kappa shape index (κ2) is 8.54. The number of nitrogens with zero attached hydrogens (tertiary/aromatic N) is 1. The summed E-state index contributed by atoms with van der Waals surface area (Å²) < 4.78 is 0. The normalized spacial score (nSPS) is 16.9. The third-order valence-electron chi connectivity index (χ3n) is 4.18. The summed E-state index contributed by atoms with van der Waals surface area (Å²) in [4.78, 5) is 14.0. The molecule has 1 rings (SSSR count). The monoisotopic (exact) mass is 269 g/mol. The van der Waals surface area contributed by atoms with Crippen molar-refractivity contribution < 1.29 is 4.79 Å². The first-order chi connectivity index (χ1) is 9.08. The molecular weight excluding hydrogens is 238 g/mol. The number of rotatable bonds is 10. The molecule has 0 aromatic rings. The first kappa shape index (κ1) is 16.4. The summed E-state index contributed by atoms with van der Waals surface area (Å²) in [7, 11) is 4.20. The SMILES string of the molecule is CCC(CC)C(CNC(=O)CNCC1CC1)N(C)C. The smallest absolute Gasteiger partial charge is 0.234 e. The molecule has 19 heavy (non-hydrogen) atoms. The number of hydrogen-bond acceptors (Lipinski definition) is 3. The summed E-state index contributed by atoms with van der Waals surface area (Å²) in [6.07, 6.45) is 4.97. The van der Waals surface area contributed by atoms with Crippen LogP contribution in [0.3, 0.4) is 0 Å². The highest BCUT2D eigenvalue weighted by Gasteiger charge is 2.22. The predicted molar refractivity (Wildman–Crippen MR) is 80.2 cm³/mol. The largest absolute Gasteiger partial charge is 0.353 e. The molecule has 0 aromatic carbocycles. The lowest BCUT2D eigenvalue weighted by Crippen LogP contribution is -2.46. The van der Waals surface area contributed by atoms with Crippen molar-refractivity contribution in [3.05, 3.63) is 0 Å². The lowest BCUT2D eigenvalue weighted by Gasteiger charge is -2.31. The van der Waals surface area contributed by atoms with E-state index >= 15 is 0 Å². The quantitative estimate of drug-likeness (QED) is 0.631. The molecule has 2 N–H and O–H groups in total. The fourth-order valence-corrected chi connectivity index (χ4v) is 2.60. The topological polar surface area (TPSA) is 44.4 Å². The number of amides is 1. The second-order valence-electron chi connectivity index (χ2n) is 5.99. The minimum Gasteiger partial charge on any atom is -0.353 e. The molecule has 4 heteroatoms. The zero-order valence-corrected chi connectivity index (χ0v) is 13.0. The van der Waals surface area contributed by atoms with Crippen molar-refractivity contribution in [2.24, 2.45) is 11.8 Å². The molecule has 1 fully saturated rings. The standard InChI is InChI=1S/C15H31N3O/c1-5-13(6-2)14(18(3)4)10-17-15(19)11-16-9-12-7-8-12/h12-14,16H,5-11H2,1-4H3,(H,17,19). The number of carbonyl (C=O) groups excluding carboxylic acids is 1. The van der Waals surface area contributed by atoms with E-state index < -0.39 is 0 Å². The zero-order valence-electron chi connectivity index (χ0n) is 13.0. The van der Waals surface area contributed by atoms with Gasteiger partial charge in [0.1, 0.15) is 0 Å². The van der Waals surface area contributed by atoms with Crippen LogP contribution >= 0.6 is 0 Å². The third-order valence-corrected chi connectivity index (χ3v) is 4.18. The van der Waals surface area contributed by atoms with E-state index in [4.69, 9.17) is 0 Å². The van der Waals surface area contributed by atoms with Crippen LogP contribution in [-0.4, -0.2) is 50.6 Å². The third kappa shape index (κ3) is 6.39. The van der Waals surface area contributed by atoms with Gasteiger partial charge in [-0.25, -0.2) is 0 Å². The van der Waals surface area contributed by atoms with Gasteiger partial charge in [0.15, 0.2) is 0 Å². The van der Waals surface area contributed by atoms with Crippen molar-refractivity contribution in [2.75, 3.05) is 33.7 Å². The highest BCUT2D eigenvalue weighted by atomic mass is 16.1. The van der Waals surface area contributed by atoms with Crippen LogP contribution in [0.5, 0.6) is 0 Å². The van der Waals surface area contributed by atoms with Gasteiger partial charge in [-0.2, -0.15) is 0 Å². The van der Waals surface area contributed by atoms with Crippen LogP contribution in [0.2, 0.25) is 0 Å². The molecule has 1 saturated carbocycles. The highest BCUT2D eigenvalue weighted by molar-refractivity contribution is 5.78. The fraction of sp³-hybridized carbons (Fsp3) is 0.933. The Labute approximate surface area is 118 Å². The van der Waals surface area contributed by atoms with Gasteiger partial charge >= 0.3 is 0 Å². The first-order valence-electron chi connectivity index (χ1n) is 7.72. The van der Waals surface area contributed by atoms with Crippen molar-refractivity contribution in [3.63, 3.8) is 0 Å². The maximum Gasteiger partial charge on any atom is 0.234 e. The van der Waals surface area contributed by atoms with E-state index in [9.17, 15) is 4.79 Å². The maximum absolute atomic E-state index is 11.8. The number of hydrogen-bond donors (Lipinski definition) is 2. The molecule has 1 aliphatic rings. The average molecular weight is 269 g/mol. The van der Waals surface area contributed by atoms with E-state index in [1.165, 1.54) is 12.8 Å². The Morgan fingerprint density at radius 2 is 1.89 bits per heavy atom. The Kier molecular flexibility index (Phi) is 7.39. The molecule has 112 valence electrons. The Morgan fingerprint density at radius 1 is 1.26 bits per heavy atom. The van der Waals surface area contributed by atoms with Crippen LogP contribution in [-0.2, 0) is 4.79 Å². The zero-order chi connectivity index (χ0) is 14.3. The molecule has 1 atom stereocenters. The Bertz CT molecular complexity index is 260. The van der Waals surface area contributed by atoms with E-state index in [-0.39, 0.29) is 5.91 Å². The van der Waals surface area contributed by atoms with Crippen LogP contribution in [0.1, 0.15) is 39.5 Å². The molecule has 0 bridgehead atoms. The molecule has 1 unspecified atom stereocenters. The van der Waals surface area contributed by atoms with E-state index in [2.05, 4.69) is 43.5 Å². The van der Waals surface area contributed by atoms with Crippen molar-refractivity contribution in [3.8, 4) is 0 Å². The first-order valence-corrected chi connectivity index (χ1v) is 7.72. The van der Waals surface area contributed by atoms with Gasteiger partial charge in [-0.3, -0.25) is 4.79 Å². The summed E-state index contributed by atoms with van der Waals surface area (Å²) in [5.74, 6) is 1.60. The van der Waals surface area contributed by atoms with Crippen LogP contribution in [0.15, 0.2) is 0 Å². The number of nitrogens with one attached hydrogen (secondary N) is 2. The van der Waals surface area contributed by atoms with Crippen molar-refractivity contribution in [1.29, 1.82) is 0 Å². The van der Waals surface area contributed by atoms with Crippen molar-refractivity contribution in [2.45, 2.75) is 45.6 Å². The summed E-state index contributed by atoms with van der Waals surface area (Å²) in [5.41, 5.74) is 0. The molecule has 0 aromatic heterocycles. The van der Waals surface area contributed by atoms with E-state index in [1.54, 1.807) is 0 Å². The Morgan fingerprint density at radius 3 is 2.37 bits per heavy atom. The van der Waals surface area contributed by atoms with E-state index in [0.717, 1.165) is 31.8 Å². The van der Waals surface area contributed by atoms with Gasteiger partial charge in [-0.1, -0.05) is 26.7 Å². The summed E-state index contributed by atoms with van der Waals surface area (Å²) in [6.45, 7) is 6.66.